The highest BCUT2D eigenvalue weighted by molar-refractivity contribution is 7.89. The summed E-state index contributed by atoms with van der Waals surface area (Å²) in [5.41, 5.74) is 0.672. The molecule has 3 rings (SSSR count). The van der Waals surface area contributed by atoms with Crippen molar-refractivity contribution in [3.63, 3.8) is 0 Å². The van der Waals surface area contributed by atoms with Crippen molar-refractivity contribution in [2.75, 3.05) is 38.1 Å². The number of sulfonamides is 1. The number of urea groups is 1. The van der Waals surface area contributed by atoms with Gasteiger partial charge in [-0.15, -0.1) is 0 Å². The molecule has 0 bridgehead atoms. The fraction of sp³-hybridized carbons (Fsp3) is 0.524. The summed E-state index contributed by atoms with van der Waals surface area (Å²) < 4.78 is 34.6. The van der Waals surface area contributed by atoms with E-state index in [0.29, 0.717) is 44.2 Å². The zero-order valence-electron chi connectivity index (χ0n) is 18.4. The molecule has 2 aromatic rings. The molecule has 9 nitrogen and oxygen atoms in total. The topological polar surface area (TPSA) is 96.8 Å². The Labute approximate surface area is 184 Å². The Morgan fingerprint density at radius 1 is 1.16 bits per heavy atom. The summed E-state index contributed by atoms with van der Waals surface area (Å²) in [7, 11) is -1.92. The van der Waals surface area contributed by atoms with Gasteiger partial charge in [-0.25, -0.2) is 18.2 Å². The number of anilines is 1. The first-order valence-corrected chi connectivity index (χ1v) is 12.0. The molecule has 170 valence electrons. The summed E-state index contributed by atoms with van der Waals surface area (Å²) in [6, 6.07) is 7.02. The summed E-state index contributed by atoms with van der Waals surface area (Å²) in [4.78, 5) is 18.5. The van der Waals surface area contributed by atoms with Crippen LogP contribution in [-0.2, 0) is 17.1 Å². The van der Waals surface area contributed by atoms with Crippen LogP contribution >= 0.6 is 0 Å². The molecule has 31 heavy (non-hydrogen) atoms. The molecule has 1 saturated heterocycles. The molecule has 0 radical (unpaired) electrons. The third kappa shape index (κ3) is 5.76. The second-order valence-electron chi connectivity index (χ2n) is 7.64. The fourth-order valence-corrected chi connectivity index (χ4v) is 4.79. The van der Waals surface area contributed by atoms with Crippen molar-refractivity contribution in [2.24, 2.45) is 7.05 Å². The number of hydrogen-bond donors (Lipinski definition) is 1. The van der Waals surface area contributed by atoms with Crippen molar-refractivity contribution < 1.29 is 17.9 Å². The van der Waals surface area contributed by atoms with Crippen LogP contribution in [0, 0.1) is 6.92 Å². The highest BCUT2D eigenvalue weighted by Gasteiger charge is 2.30. The number of ether oxygens (including phenoxy) is 1. The predicted molar refractivity (Wildman–Crippen MR) is 119 cm³/mol. The number of aryl methyl sites for hydroxylation is 2. The number of carbonyl (C=O) groups excluding carboxylic acids is 1. The maximum atomic E-state index is 12.9. The summed E-state index contributed by atoms with van der Waals surface area (Å²) in [6.45, 7) is 5.93. The van der Waals surface area contributed by atoms with Crippen LogP contribution in [0.4, 0.5) is 10.5 Å². The highest BCUT2D eigenvalue weighted by atomic mass is 32.2. The molecule has 0 unspecified atom stereocenters. The molecule has 1 aromatic heterocycles. The minimum Gasteiger partial charge on any atom is -0.494 e. The normalized spacial score (nSPS) is 15.5. The van der Waals surface area contributed by atoms with Crippen molar-refractivity contribution in [3.8, 4) is 5.75 Å². The van der Waals surface area contributed by atoms with Crippen LogP contribution in [0.3, 0.4) is 0 Å². The number of nitrogens with zero attached hydrogens (tertiary/aromatic N) is 4. The molecule has 1 fully saturated rings. The number of hydrogen-bond acceptors (Lipinski definition) is 5. The SMILES string of the molecule is CCCCOc1ccc(NC(=O)N2CCCN(S(=O)(=O)c3cn(C)c(C)n3)CC2)cc1. The minimum atomic E-state index is -3.68. The molecular formula is C21H31N5O4S. The third-order valence-corrected chi connectivity index (χ3v) is 7.08. The largest absolute Gasteiger partial charge is 0.494 e. The highest BCUT2D eigenvalue weighted by Crippen LogP contribution is 2.19. The Kier molecular flexibility index (Phi) is 7.55. The Hall–Kier alpha value is -2.59. The lowest BCUT2D eigenvalue weighted by atomic mass is 10.3. The molecule has 1 aliphatic rings. The number of amides is 2. The lowest BCUT2D eigenvalue weighted by Gasteiger charge is -2.22. The van der Waals surface area contributed by atoms with Gasteiger partial charge in [0.15, 0.2) is 5.03 Å². The minimum absolute atomic E-state index is 0.0478. The maximum Gasteiger partial charge on any atom is 0.321 e. The second kappa shape index (κ2) is 10.1. The zero-order chi connectivity index (χ0) is 22.4. The summed E-state index contributed by atoms with van der Waals surface area (Å²) in [6.07, 6.45) is 4.16. The van der Waals surface area contributed by atoms with Gasteiger partial charge in [0.25, 0.3) is 10.0 Å². The second-order valence-corrected chi connectivity index (χ2v) is 9.52. The third-order valence-electron chi connectivity index (χ3n) is 5.31. The summed E-state index contributed by atoms with van der Waals surface area (Å²) in [5.74, 6) is 1.41. The van der Waals surface area contributed by atoms with Gasteiger partial charge >= 0.3 is 6.03 Å². The van der Waals surface area contributed by atoms with Crippen LogP contribution in [-0.4, -0.2) is 66.0 Å². The van der Waals surface area contributed by atoms with Crippen LogP contribution in [0.15, 0.2) is 35.5 Å². The predicted octanol–water partition coefficient (Wildman–Crippen LogP) is 2.84. The Bertz CT molecular complexity index is 968. The molecule has 0 atom stereocenters. The van der Waals surface area contributed by atoms with E-state index in [4.69, 9.17) is 4.74 Å². The first-order chi connectivity index (χ1) is 14.8. The molecular weight excluding hydrogens is 418 g/mol. The van der Waals surface area contributed by atoms with Gasteiger partial charge in [0.1, 0.15) is 11.6 Å². The number of imidazole rings is 1. The number of carbonyl (C=O) groups is 1. The quantitative estimate of drug-likeness (QED) is 0.656. The molecule has 1 N–H and O–H groups in total. The van der Waals surface area contributed by atoms with E-state index in [-0.39, 0.29) is 17.6 Å². The average molecular weight is 450 g/mol. The number of benzene rings is 1. The van der Waals surface area contributed by atoms with Crippen molar-refractivity contribution >= 4 is 21.7 Å². The van der Waals surface area contributed by atoms with Gasteiger partial charge in [-0.05, 0) is 44.0 Å². The van der Waals surface area contributed by atoms with E-state index in [1.807, 2.05) is 12.1 Å². The molecule has 10 heteroatoms. The van der Waals surface area contributed by atoms with Crippen molar-refractivity contribution in [3.05, 3.63) is 36.3 Å². The van der Waals surface area contributed by atoms with Gasteiger partial charge in [0, 0.05) is 45.1 Å². The van der Waals surface area contributed by atoms with Crippen LogP contribution in [0.1, 0.15) is 32.0 Å². The molecule has 1 aliphatic heterocycles. The number of rotatable bonds is 7. The smallest absolute Gasteiger partial charge is 0.321 e. The molecule has 0 aliphatic carbocycles. The van der Waals surface area contributed by atoms with E-state index >= 15 is 0 Å². The number of aromatic nitrogens is 2. The van der Waals surface area contributed by atoms with E-state index < -0.39 is 10.0 Å². The van der Waals surface area contributed by atoms with Gasteiger partial charge in [0.2, 0.25) is 0 Å². The number of unbranched alkanes of at least 4 members (excludes halogenated alkanes) is 1. The Balaban J connectivity index is 1.57. The summed E-state index contributed by atoms with van der Waals surface area (Å²) in [5, 5.41) is 2.93. The van der Waals surface area contributed by atoms with Gasteiger partial charge in [-0.3, -0.25) is 0 Å². The molecule has 2 heterocycles. The Morgan fingerprint density at radius 2 is 1.90 bits per heavy atom. The van der Waals surface area contributed by atoms with E-state index in [2.05, 4.69) is 17.2 Å². The van der Waals surface area contributed by atoms with E-state index in [1.165, 1.54) is 10.5 Å². The molecule has 1 aromatic carbocycles. The Morgan fingerprint density at radius 3 is 2.55 bits per heavy atom. The summed E-state index contributed by atoms with van der Waals surface area (Å²) >= 11 is 0. The van der Waals surface area contributed by atoms with Crippen molar-refractivity contribution in [1.82, 2.24) is 18.8 Å². The number of nitrogens with one attached hydrogen (secondary N) is 1. The van der Waals surface area contributed by atoms with E-state index in [1.54, 1.807) is 35.6 Å². The molecule has 2 amide bonds. The molecule has 0 saturated carbocycles. The monoisotopic (exact) mass is 449 g/mol. The standard InChI is InChI=1S/C21H31N5O4S/c1-4-5-15-30-19-9-7-18(8-10-19)23-21(27)25-11-6-12-26(14-13-25)31(28,29)20-16-24(3)17(2)22-20/h7-10,16H,4-6,11-15H2,1-3H3,(H,23,27). The lowest BCUT2D eigenvalue weighted by Crippen LogP contribution is -2.39. The average Bonchev–Trinajstić information content (AvgIpc) is 2.95. The van der Waals surface area contributed by atoms with Crippen molar-refractivity contribution in [1.29, 1.82) is 0 Å². The van der Waals surface area contributed by atoms with Crippen LogP contribution in [0.5, 0.6) is 5.75 Å². The van der Waals surface area contributed by atoms with Crippen LogP contribution < -0.4 is 10.1 Å². The van der Waals surface area contributed by atoms with Gasteiger partial charge in [-0.2, -0.15) is 4.31 Å². The van der Waals surface area contributed by atoms with E-state index in [9.17, 15) is 13.2 Å². The van der Waals surface area contributed by atoms with Crippen LogP contribution in [0.25, 0.3) is 0 Å². The van der Waals surface area contributed by atoms with Crippen LogP contribution in [0.2, 0.25) is 0 Å². The fourth-order valence-electron chi connectivity index (χ4n) is 3.29. The maximum absolute atomic E-state index is 12.9. The zero-order valence-corrected chi connectivity index (χ0v) is 19.2. The van der Waals surface area contributed by atoms with Gasteiger partial charge in [0.05, 0.1) is 6.61 Å². The van der Waals surface area contributed by atoms with Gasteiger partial charge in [-0.1, -0.05) is 13.3 Å². The first-order valence-electron chi connectivity index (χ1n) is 10.6. The first kappa shape index (κ1) is 23.1. The van der Waals surface area contributed by atoms with Gasteiger partial charge < -0.3 is 19.5 Å². The lowest BCUT2D eigenvalue weighted by molar-refractivity contribution is 0.214. The molecule has 0 spiro atoms. The van der Waals surface area contributed by atoms with Crippen molar-refractivity contribution in [2.45, 2.75) is 38.1 Å². The van der Waals surface area contributed by atoms with E-state index in [0.717, 1.165) is 18.6 Å².